The predicted molar refractivity (Wildman–Crippen MR) is 113 cm³/mol. The van der Waals surface area contributed by atoms with Crippen LogP contribution in [0.3, 0.4) is 0 Å². The van der Waals surface area contributed by atoms with Gasteiger partial charge in [0.1, 0.15) is 11.8 Å². The quantitative estimate of drug-likeness (QED) is 0.528. The Balaban J connectivity index is 2.08. The largest absolute Gasteiger partial charge is 0.461 e. The lowest BCUT2D eigenvalue weighted by atomic mass is 9.98. The molecular formula is C22H26N6O2. The molecule has 156 valence electrons. The number of rotatable bonds is 8. The third kappa shape index (κ3) is 3.83. The molecular weight excluding hydrogens is 380 g/mol. The summed E-state index contributed by atoms with van der Waals surface area (Å²) >= 11 is 0. The second kappa shape index (κ2) is 9.35. The van der Waals surface area contributed by atoms with E-state index in [9.17, 15) is 10.1 Å². The van der Waals surface area contributed by atoms with Gasteiger partial charge in [-0.25, -0.2) is 9.48 Å². The zero-order valence-electron chi connectivity index (χ0n) is 17.8. The number of hydrogen-bond acceptors (Lipinski definition) is 6. The molecule has 0 amide bonds. The monoisotopic (exact) mass is 406 g/mol. The third-order valence-corrected chi connectivity index (χ3v) is 5.12. The predicted octanol–water partition coefficient (Wildman–Crippen LogP) is 3.76. The Bertz CT molecular complexity index is 1070. The Kier molecular flexibility index (Phi) is 6.62. The number of carbonyl (C=O) groups excluding carboxylic acids is 1. The number of nitrogens with zero attached hydrogens (tertiary/aromatic N) is 6. The summed E-state index contributed by atoms with van der Waals surface area (Å²) in [6.45, 7) is 6.88. The van der Waals surface area contributed by atoms with Crippen molar-refractivity contribution in [2.75, 3.05) is 6.61 Å². The molecule has 8 heteroatoms. The number of unbranched alkanes of at least 4 members (excludes halogenated alkanes) is 1. The van der Waals surface area contributed by atoms with Crippen molar-refractivity contribution in [2.24, 2.45) is 7.05 Å². The van der Waals surface area contributed by atoms with E-state index >= 15 is 0 Å². The van der Waals surface area contributed by atoms with E-state index in [0.29, 0.717) is 29.1 Å². The van der Waals surface area contributed by atoms with Gasteiger partial charge in [0, 0.05) is 30.4 Å². The maximum absolute atomic E-state index is 12.7. The molecule has 0 fully saturated rings. The smallest absolute Gasteiger partial charge is 0.355 e. The fourth-order valence-electron chi connectivity index (χ4n) is 3.64. The molecule has 0 atom stereocenters. The van der Waals surface area contributed by atoms with Gasteiger partial charge in [-0.3, -0.25) is 0 Å². The number of benzene rings is 1. The van der Waals surface area contributed by atoms with E-state index in [2.05, 4.69) is 28.5 Å². The summed E-state index contributed by atoms with van der Waals surface area (Å²) < 4.78 is 8.83. The molecule has 8 nitrogen and oxygen atoms in total. The first-order chi connectivity index (χ1) is 14.6. The maximum atomic E-state index is 12.7. The van der Waals surface area contributed by atoms with Gasteiger partial charge in [0.15, 0.2) is 5.82 Å². The van der Waals surface area contributed by atoms with Crippen LogP contribution in [0, 0.1) is 11.3 Å². The van der Waals surface area contributed by atoms with Crippen molar-refractivity contribution in [3.63, 3.8) is 0 Å². The van der Waals surface area contributed by atoms with Crippen molar-refractivity contribution in [1.29, 1.82) is 5.26 Å². The highest BCUT2D eigenvalue weighted by molar-refractivity contribution is 5.98. The highest BCUT2D eigenvalue weighted by atomic mass is 16.5. The van der Waals surface area contributed by atoms with Gasteiger partial charge in [0.25, 0.3) is 0 Å². The fourth-order valence-corrected chi connectivity index (χ4v) is 3.64. The van der Waals surface area contributed by atoms with E-state index in [1.54, 1.807) is 23.2 Å². The van der Waals surface area contributed by atoms with Crippen LogP contribution in [0.1, 0.15) is 55.4 Å². The van der Waals surface area contributed by atoms with Crippen LogP contribution in [0.4, 0.5) is 0 Å². The van der Waals surface area contributed by atoms with Gasteiger partial charge in [-0.1, -0.05) is 44.5 Å². The van der Waals surface area contributed by atoms with Gasteiger partial charge in [-0.15, -0.1) is 5.10 Å². The number of hydrogen-bond donors (Lipinski definition) is 0. The van der Waals surface area contributed by atoms with Gasteiger partial charge in [0.2, 0.25) is 0 Å². The summed E-state index contributed by atoms with van der Waals surface area (Å²) in [6, 6.07) is 9.90. The van der Waals surface area contributed by atoms with E-state index in [4.69, 9.17) is 4.74 Å². The Morgan fingerprint density at radius 3 is 2.47 bits per heavy atom. The number of ether oxygens (including phenoxy) is 1. The molecule has 0 bridgehead atoms. The average Bonchev–Trinajstić information content (AvgIpc) is 3.34. The van der Waals surface area contributed by atoms with Gasteiger partial charge >= 0.3 is 5.97 Å². The number of nitriles is 1. The van der Waals surface area contributed by atoms with Crippen molar-refractivity contribution < 1.29 is 9.53 Å². The zero-order chi connectivity index (χ0) is 21.7. The molecule has 0 radical (unpaired) electrons. The number of esters is 1. The average molecular weight is 406 g/mol. The summed E-state index contributed by atoms with van der Waals surface area (Å²) in [7, 11) is 1.80. The minimum absolute atomic E-state index is 0.270. The SMILES string of the molecule is CCCCn1nnnc1-c1ccc(-c2c(C#N)c(CC)n(C)c2C(=O)OCC)cc1. The van der Waals surface area contributed by atoms with Crippen LogP contribution in [0.15, 0.2) is 24.3 Å². The van der Waals surface area contributed by atoms with E-state index in [0.717, 1.165) is 36.2 Å². The minimum atomic E-state index is -0.432. The molecule has 0 unspecified atom stereocenters. The topological polar surface area (TPSA) is 98.6 Å². The maximum Gasteiger partial charge on any atom is 0.355 e. The highest BCUT2D eigenvalue weighted by Crippen LogP contribution is 2.34. The first-order valence-corrected chi connectivity index (χ1v) is 10.2. The summed E-state index contributed by atoms with van der Waals surface area (Å²) in [4.78, 5) is 12.7. The third-order valence-electron chi connectivity index (χ3n) is 5.12. The molecule has 0 spiro atoms. The Morgan fingerprint density at radius 1 is 1.17 bits per heavy atom. The normalized spacial score (nSPS) is 10.8. The highest BCUT2D eigenvalue weighted by Gasteiger charge is 2.27. The fraction of sp³-hybridized carbons (Fsp3) is 0.409. The molecule has 1 aromatic carbocycles. The zero-order valence-corrected chi connectivity index (χ0v) is 17.8. The first-order valence-electron chi connectivity index (χ1n) is 10.2. The van der Waals surface area contributed by atoms with Crippen molar-refractivity contribution in [3.8, 4) is 28.6 Å². The van der Waals surface area contributed by atoms with E-state index in [-0.39, 0.29) is 6.61 Å². The molecule has 0 saturated carbocycles. The van der Waals surface area contributed by atoms with E-state index < -0.39 is 5.97 Å². The van der Waals surface area contributed by atoms with Crippen molar-refractivity contribution in [2.45, 2.75) is 46.6 Å². The van der Waals surface area contributed by atoms with Gasteiger partial charge < -0.3 is 9.30 Å². The van der Waals surface area contributed by atoms with Crippen LogP contribution in [-0.4, -0.2) is 37.4 Å². The summed E-state index contributed by atoms with van der Waals surface area (Å²) in [5.74, 6) is 0.266. The standard InChI is InChI=1S/C22H26N6O2/c1-5-8-13-28-21(24-25-26-28)16-11-9-15(10-12-16)19-17(14-23)18(6-2)27(4)20(19)22(29)30-7-3/h9-12H,5-8,13H2,1-4H3. The van der Waals surface area contributed by atoms with Crippen LogP contribution in [0.5, 0.6) is 0 Å². The molecule has 0 aliphatic carbocycles. The number of aromatic nitrogens is 5. The molecule has 0 saturated heterocycles. The molecule has 0 aliphatic heterocycles. The second-order valence-corrected chi connectivity index (χ2v) is 6.95. The van der Waals surface area contributed by atoms with Crippen molar-refractivity contribution in [3.05, 3.63) is 41.2 Å². The lowest BCUT2D eigenvalue weighted by Crippen LogP contribution is -2.12. The van der Waals surface area contributed by atoms with Crippen LogP contribution in [0.2, 0.25) is 0 Å². The molecule has 30 heavy (non-hydrogen) atoms. The van der Waals surface area contributed by atoms with Crippen molar-refractivity contribution in [1.82, 2.24) is 24.8 Å². The summed E-state index contributed by atoms with van der Waals surface area (Å²) in [5, 5.41) is 21.8. The first kappa shape index (κ1) is 21.2. The summed E-state index contributed by atoms with van der Waals surface area (Å²) in [5.41, 5.74) is 3.97. The Morgan fingerprint density at radius 2 is 1.87 bits per heavy atom. The van der Waals surface area contributed by atoms with Gasteiger partial charge in [0.05, 0.1) is 12.2 Å². The lowest BCUT2D eigenvalue weighted by Gasteiger charge is -2.09. The Hall–Kier alpha value is -3.47. The number of aryl methyl sites for hydroxylation is 1. The molecule has 0 aliphatic rings. The molecule has 2 aromatic heterocycles. The van der Waals surface area contributed by atoms with Crippen LogP contribution >= 0.6 is 0 Å². The number of tetrazole rings is 1. The Labute approximate surface area is 176 Å². The van der Waals surface area contributed by atoms with Crippen LogP contribution in [0.25, 0.3) is 22.5 Å². The van der Waals surface area contributed by atoms with Crippen molar-refractivity contribution >= 4 is 5.97 Å². The molecule has 3 aromatic rings. The van der Waals surface area contributed by atoms with Gasteiger partial charge in [-0.2, -0.15) is 5.26 Å². The van der Waals surface area contributed by atoms with Gasteiger partial charge in [-0.05, 0) is 35.8 Å². The van der Waals surface area contributed by atoms with Crippen LogP contribution in [-0.2, 0) is 24.8 Å². The van der Waals surface area contributed by atoms with Crippen LogP contribution < -0.4 is 0 Å². The second-order valence-electron chi connectivity index (χ2n) is 6.95. The summed E-state index contributed by atoms with van der Waals surface area (Å²) in [6.07, 6.45) is 2.68. The van der Waals surface area contributed by atoms with E-state index in [1.165, 1.54) is 0 Å². The molecule has 0 N–H and O–H groups in total. The number of carbonyl (C=O) groups is 1. The minimum Gasteiger partial charge on any atom is -0.461 e. The van der Waals surface area contributed by atoms with E-state index in [1.807, 2.05) is 31.2 Å². The molecule has 2 heterocycles. The molecule has 3 rings (SSSR count). The lowest BCUT2D eigenvalue weighted by molar-refractivity contribution is 0.0516.